The number of nitrogens with zero attached hydrogens (tertiary/aromatic N) is 6. The van der Waals surface area contributed by atoms with Crippen LogP contribution in [0.5, 0.6) is 0 Å². The van der Waals surface area contributed by atoms with Crippen LogP contribution in [0.1, 0.15) is 23.2 Å². The zero-order valence-electron chi connectivity index (χ0n) is 17.3. The number of likely N-dealkylation sites (tertiary alicyclic amines) is 1. The van der Waals surface area contributed by atoms with Crippen LogP contribution in [0.2, 0.25) is 0 Å². The van der Waals surface area contributed by atoms with E-state index in [9.17, 15) is 14.7 Å². The lowest BCUT2D eigenvalue weighted by atomic mass is 9.91. The Balaban J connectivity index is 1.33. The van der Waals surface area contributed by atoms with Crippen molar-refractivity contribution in [3.63, 3.8) is 0 Å². The zero-order chi connectivity index (χ0) is 22.1. The monoisotopic (exact) mass is 430 g/mol. The van der Waals surface area contributed by atoms with Gasteiger partial charge in [-0.3, -0.25) is 19.1 Å². The Morgan fingerprint density at radius 1 is 1.06 bits per heavy atom. The summed E-state index contributed by atoms with van der Waals surface area (Å²) in [6.07, 6.45) is 6.88. The van der Waals surface area contributed by atoms with Gasteiger partial charge in [-0.1, -0.05) is 18.2 Å². The molecule has 9 nitrogen and oxygen atoms in total. The number of hydrogen-bond donors (Lipinski definition) is 1. The van der Waals surface area contributed by atoms with Gasteiger partial charge in [-0.15, -0.1) is 0 Å². The molecule has 1 aliphatic rings. The molecule has 9 heteroatoms. The number of benzene rings is 1. The van der Waals surface area contributed by atoms with Gasteiger partial charge in [-0.2, -0.15) is 5.10 Å². The predicted molar refractivity (Wildman–Crippen MR) is 117 cm³/mol. The minimum Gasteiger partial charge on any atom is -0.388 e. The highest BCUT2D eigenvalue weighted by molar-refractivity contribution is 5.94. The molecule has 0 bridgehead atoms. The van der Waals surface area contributed by atoms with Crippen LogP contribution in [0.4, 0.5) is 0 Å². The first-order valence-electron chi connectivity index (χ1n) is 10.4. The maximum absolute atomic E-state index is 13.0. The Kier molecular flexibility index (Phi) is 5.02. The molecule has 1 aromatic carbocycles. The number of pyridine rings is 1. The standard InChI is InChI=1S/C23H22N6O3/c30-21(17-6-10-24-11-7-17)27-12-8-23(32,9-13-27)15-28-16-25-20-19(22(28)31)14-26-29(20)18-4-2-1-3-5-18/h1-7,10-11,14,16,32H,8-9,12-13,15H2. The molecule has 0 aliphatic carbocycles. The number of aromatic nitrogens is 5. The highest BCUT2D eigenvalue weighted by Crippen LogP contribution is 2.25. The van der Waals surface area contributed by atoms with E-state index in [1.165, 1.54) is 17.1 Å². The molecule has 1 N–H and O–H groups in total. The molecule has 162 valence electrons. The molecule has 0 saturated carbocycles. The van der Waals surface area contributed by atoms with Crippen molar-refractivity contribution in [2.24, 2.45) is 0 Å². The molecule has 1 aliphatic heterocycles. The molecule has 0 radical (unpaired) electrons. The maximum atomic E-state index is 13.0. The summed E-state index contributed by atoms with van der Waals surface area (Å²) in [6.45, 7) is 0.935. The number of rotatable bonds is 4. The van der Waals surface area contributed by atoms with E-state index in [1.54, 1.807) is 34.1 Å². The second-order valence-corrected chi connectivity index (χ2v) is 8.06. The van der Waals surface area contributed by atoms with Crippen LogP contribution in [-0.4, -0.2) is 58.9 Å². The van der Waals surface area contributed by atoms with Crippen LogP contribution in [0.3, 0.4) is 0 Å². The number of carbonyl (C=O) groups is 1. The van der Waals surface area contributed by atoms with E-state index in [-0.39, 0.29) is 18.0 Å². The first kappa shape index (κ1) is 20.1. The molecule has 32 heavy (non-hydrogen) atoms. The summed E-state index contributed by atoms with van der Waals surface area (Å²) >= 11 is 0. The average Bonchev–Trinajstić information content (AvgIpc) is 3.27. The highest BCUT2D eigenvalue weighted by Gasteiger charge is 2.35. The molecule has 1 saturated heterocycles. The second-order valence-electron chi connectivity index (χ2n) is 8.06. The van der Waals surface area contributed by atoms with Crippen LogP contribution < -0.4 is 5.56 Å². The van der Waals surface area contributed by atoms with E-state index in [2.05, 4.69) is 15.1 Å². The molecule has 4 heterocycles. The summed E-state index contributed by atoms with van der Waals surface area (Å²) < 4.78 is 3.05. The van der Waals surface area contributed by atoms with Crippen molar-refractivity contribution >= 4 is 16.9 Å². The van der Waals surface area contributed by atoms with Crippen molar-refractivity contribution < 1.29 is 9.90 Å². The van der Waals surface area contributed by atoms with E-state index in [1.807, 2.05) is 30.3 Å². The number of fused-ring (bicyclic) bond motifs is 1. The normalized spacial score (nSPS) is 15.7. The number of piperidine rings is 1. The fraction of sp³-hybridized carbons (Fsp3) is 0.261. The number of amides is 1. The predicted octanol–water partition coefficient (Wildman–Crippen LogP) is 1.64. The Hall–Kier alpha value is -3.85. The van der Waals surface area contributed by atoms with Crippen molar-refractivity contribution in [2.45, 2.75) is 25.0 Å². The molecule has 4 aromatic rings. The third-order valence-corrected chi connectivity index (χ3v) is 5.93. The Morgan fingerprint density at radius 2 is 1.78 bits per heavy atom. The number of para-hydroxylation sites is 1. The summed E-state index contributed by atoms with van der Waals surface area (Å²) in [5.74, 6) is -0.0805. The fourth-order valence-electron chi connectivity index (χ4n) is 4.10. The maximum Gasteiger partial charge on any atom is 0.264 e. The van der Waals surface area contributed by atoms with Gasteiger partial charge < -0.3 is 10.0 Å². The quantitative estimate of drug-likeness (QED) is 0.528. The summed E-state index contributed by atoms with van der Waals surface area (Å²) in [4.78, 5) is 35.8. The first-order valence-corrected chi connectivity index (χ1v) is 10.4. The van der Waals surface area contributed by atoms with E-state index in [0.29, 0.717) is 42.5 Å². The van der Waals surface area contributed by atoms with E-state index in [0.717, 1.165) is 5.69 Å². The smallest absolute Gasteiger partial charge is 0.264 e. The lowest BCUT2D eigenvalue weighted by Gasteiger charge is -2.38. The van der Waals surface area contributed by atoms with Crippen molar-refractivity contribution in [1.82, 2.24) is 29.2 Å². The van der Waals surface area contributed by atoms with Gasteiger partial charge in [0.1, 0.15) is 11.7 Å². The van der Waals surface area contributed by atoms with Crippen LogP contribution in [0, 0.1) is 0 Å². The second kappa shape index (κ2) is 8.01. The minimum absolute atomic E-state index is 0.0805. The van der Waals surface area contributed by atoms with Crippen molar-refractivity contribution in [3.8, 4) is 5.69 Å². The van der Waals surface area contributed by atoms with E-state index in [4.69, 9.17) is 0 Å². The summed E-state index contributed by atoms with van der Waals surface area (Å²) in [6, 6.07) is 12.8. The Morgan fingerprint density at radius 3 is 2.50 bits per heavy atom. The van der Waals surface area contributed by atoms with Gasteiger partial charge in [0.2, 0.25) is 0 Å². The largest absolute Gasteiger partial charge is 0.388 e. The van der Waals surface area contributed by atoms with Crippen LogP contribution in [-0.2, 0) is 6.54 Å². The molecule has 3 aromatic heterocycles. The van der Waals surface area contributed by atoms with Gasteiger partial charge >= 0.3 is 0 Å². The molecule has 1 amide bonds. The van der Waals surface area contributed by atoms with Gasteiger partial charge in [-0.05, 0) is 37.1 Å². The van der Waals surface area contributed by atoms with Gasteiger partial charge in [0, 0.05) is 31.0 Å². The molecular formula is C23H22N6O3. The molecular weight excluding hydrogens is 408 g/mol. The van der Waals surface area contributed by atoms with Gasteiger partial charge in [0.05, 0.1) is 24.0 Å². The molecule has 5 rings (SSSR count). The third-order valence-electron chi connectivity index (χ3n) is 5.93. The van der Waals surface area contributed by atoms with Crippen molar-refractivity contribution in [2.75, 3.05) is 13.1 Å². The lowest BCUT2D eigenvalue weighted by Crippen LogP contribution is -2.49. The number of aliphatic hydroxyl groups is 1. The summed E-state index contributed by atoms with van der Waals surface area (Å²) in [5.41, 5.74) is 0.524. The highest BCUT2D eigenvalue weighted by atomic mass is 16.3. The van der Waals surface area contributed by atoms with Gasteiger partial charge in [-0.25, -0.2) is 9.67 Å². The summed E-state index contributed by atoms with van der Waals surface area (Å²) in [7, 11) is 0. The Labute approximate surface area is 183 Å². The molecule has 0 atom stereocenters. The van der Waals surface area contributed by atoms with Crippen LogP contribution >= 0.6 is 0 Å². The lowest BCUT2D eigenvalue weighted by molar-refractivity contribution is -0.0299. The molecule has 0 unspecified atom stereocenters. The summed E-state index contributed by atoms with van der Waals surface area (Å²) in [5, 5.41) is 15.8. The average molecular weight is 430 g/mol. The number of hydrogen-bond acceptors (Lipinski definition) is 6. The zero-order valence-corrected chi connectivity index (χ0v) is 17.3. The minimum atomic E-state index is -1.09. The Bertz CT molecular complexity index is 1310. The van der Waals surface area contributed by atoms with Crippen molar-refractivity contribution in [3.05, 3.63) is 83.3 Å². The molecule has 0 spiro atoms. The number of carbonyl (C=O) groups excluding carboxylic acids is 1. The van der Waals surface area contributed by atoms with Crippen LogP contribution in [0.15, 0.2) is 72.2 Å². The van der Waals surface area contributed by atoms with Gasteiger partial charge in [0.25, 0.3) is 11.5 Å². The SMILES string of the molecule is O=C(c1ccncc1)N1CCC(O)(Cn2cnc3c(cnn3-c3ccccc3)c2=O)CC1. The van der Waals surface area contributed by atoms with Crippen LogP contribution in [0.25, 0.3) is 16.7 Å². The van der Waals surface area contributed by atoms with E-state index < -0.39 is 5.60 Å². The van der Waals surface area contributed by atoms with Gasteiger partial charge in [0.15, 0.2) is 5.65 Å². The molecule has 1 fully saturated rings. The fourth-order valence-corrected chi connectivity index (χ4v) is 4.10. The first-order chi connectivity index (χ1) is 15.5. The van der Waals surface area contributed by atoms with Crippen molar-refractivity contribution in [1.29, 1.82) is 0 Å². The third kappa shape index (κ3) is 3.67. The van der Waals surface area contributed by atoms with E-state index >= 15 is 0 Å². The topological polar surface area (TPSA) is 106 Å².